The van der Waals surface area contributed by atoms with Crippen molar-refractivity contribution in [2.45, 2.75) is 33.2 Å². The van der Waals surface area contributed by atoms with Crippen LogP contribution in [0.25, 0.3) is 0 Å². The lowest BCUT2D eigenvalue weighted by atomic mass is 9.96. The van der Waals surface area contributed by atoms with Crippen molar-refractivity contribution in [3.63, 3.8) is 0 Å². The highest BCUT2D eigenvalue weighted by Crippen LogP contribution is 2.34. The summed E-state index contributed by atoms with van der Waals surface area (Å²) in [5.41, 5.74) is 7.88. The molecule has 2 N–H and O–H groups in total. The zero-order valence-electron chi connectivity index (χ0n) is 15.1. The highest BCUT2D eigenvalue weighted by atomic mass is 16.5. The zero-order valence-corrected chi connectivity index (χ0v) is 15.1. The quantitative estimate of drug-likeness (QED) is 0.868. The van der Waals surface area contributed by atoms with Crippen LogP contribution >= 0.6 is 0 Å². The fourth-order valence-electron chi connectivity index (χ4n) is 3.16. The number of phenolic OH excluding ortho intramolecular Hbond substituents is 1. The average Bonchev–Trinajstić information content (AvgIpc) is 3.08. The molecule has 3 rings (SSSR count). The molecule has 1 heterocycles. The number of nitrogens with one attached hydrogen (secondary N) is 1. The molecule has 25 heavy (non-hydrogen) atoms. The van der Waals surface area contributed by atoms with Crippen molar-refractivity contribution in [2.24, 2.45) is 5.10 Å². The van der Waals surface area contributed by atoms with Crippen LogP contribution in [0.3, 0.4) is 0 Å². The second kappa shape index (κ2) is 7.05. The number of hydrogen-bond acceptors (Lipinski definition) is 5. The first-order valence-electron chi connectivity index (χ1n) is 8.46. The highest BCUT2D eigenvalue weighted by molar-refractivity contribution is 6.04. The van der Waals surface area contributed by atoms with Crippen molar-refractivity contribution in [1.29, 1.82) is 0 Å². The summed E-state index contributed by atoms with van der Waals surface area (Å²) in [7, 11) is 1.64. The van der Waals surface area contributed by atoms with E-state index in [1.807, 2.05) is 51.1 Å². The molecule has 5 nitrogen and oxygen atoms in total. The van der Waals surface area contributed by atoms with Crippen LogP contribution in [0, 0.1) is 13.8 Å². The lowest BCUT2D eigenvalue weighted by Gasteiger charge is -2.15. The fourth-order valence-corrected chi connectivity index (χ4v) is 3.16. The minimum Gasteiger partial charge on any atom is -0.507 e. The van der Waals surface area contributed by atoms with Gasteiger partial charge in [0.25, 0.3) is 0 Å². The summed E-state index contributed by atoms with van der Waals surface area (Å²) in [6.07, 6.45) is 0.702. The van der Waals surface area contributed by atoms with Gasteiger partial charge in [-0.2, -0.15) is 5.10 Å². The van der Waals surface area contributed by atoms with Crippen molar-refractivity contribution < 1.29 is 14.6 Å². The van der Waals surface area contributed by atoms with E-state index in [0.717, 1.165) is 33.7 Å². The van der Waals surface area contributed by atoms with Gasteiger partial charge in [0.1, 0.15) is 5.75 Å². The van der Waals surface area contributed by atoms with E-state index >= 15 is 0 Å². The molecule has 1 aliphatic rings. The molecule has 0 radical (unpaired) electrons. The summed E-state index contributed by atoms with van der Waals surface area (Å²) in [5, 5.41) is 14.8. The number of ether oxygens (including phenoxy) is 2. The Hall–Kier alpha value is -2.69. The highest BCUT2D eigenvalue weighted by Gasteiger charge is 2.24. The molecule has 1 aliphatic heterocycles. The van der Waals surface area contributed by atoms with Crippen LogP contribution in [-0.2, 0) is 0 Å². The van der Waals surface area contributed by atoms with Crippen molar-refractivity contribution in [3.8, 4) is 17.2 Å². The Morgan fingerprint density at radius 2 is 2.00 bits per heavy atom. The van der Waals surface area contributed by atoms with E-state index < -0.39 is 0 Å². The van der Waals surface area contributed by atoms with E-state index in [9.17, 15) is 5.11 Å². The third-order valence-electron chi connectivity index (χ3n) is 4.40. The standard InChI is InChI=1S/C20H24N2O3/c1-5-25-18-7-6-14(10-19(18)24-4)16-11-17(22-21-16)15-9-12(2)8-13(3)20(15)23/h6-10,16,21,23H,5,11H2,1-4H3/t16-/m0/s1. The van der Waals surface area contributed by atoms with E-state index in [1.54, 1.807) is 7.11 Å². The number of phenols is 1. The van der Waals surface area contributed by atoms with Crippen LogP contribution in [0.15, 0.2) is 35.4 Å². The van der Waals surface area contributed by atoms with Crippen molar-refractivity contribution >= 4 is 5.71 Å². The molecule has 0 fully saturated rings. The Morgan fingerprint density at radius 3 is 2.72 bits per heavy atom. The summed E-state index contributed by atoms with van der Waals surface area (Å²) in [4.78, 5) is 0. The molecule has 5 heteroatoms. The number of nitrogens with zero attached hydrogens (tertiary/aromatic N) is 1. The van der Waals surface area contributed by atoms with E-state index in [1.165, 1.54) is 0 Å². The maximum absolute atomic E-state index is 10.4. The molecule has 0 bridgehead atoms. The van der Waals surface area contributed by atoms with Gasteiger partial charge in [0.05, 0.1) is 25.5 Å². The van der Waals surface area contributed by atoms with Gasteiger partial charge in [0.2, 0.25) is 0 Å². The van der Waals surface area contributed by atoms with Crippen LogP contribution in [0.2, 0.25) is 0 Å². The van der Waals surface area contributed by atoms with Gasteiger partial charge in [0, 0.05) is 12.0 Å². The number of methoxy groups -OCH3 is 1. The molecule has 0 unspecified atom stereocenters. The van der Waals surface area contributed by atoms with Gasteiger partial charge in [0.15, 0.2) is 11.5 Å². The molecular weight excluding hydrogens is 316 g/mol. The summed E-state index contributed by atoms with van der Waals surface area (Å²) in [6.45, 7) is 6.47. The van der Waals surface area contributed by atoms with Crippen LogP contribution in [-0.4, -0.2) is 24.5 Å². The summed E-state index contributed by atoms with van der Waals surface area (Å²) in [5.74, 6) is 1.75. The Morgan fingerprint density at radius 1 is 1.20 bits per heavy atom. The van der Waals surface area contributed by atoms with Gasteiger partial charge in [-0.3, -0.25) is 0 Å². The molecule has 1 atom stereocenters. The third-order valence-corrected chi connectivity index (χ3v) is 4.40. The van der Waals surface area contributed by atoms with E-state index in [-0.39, 0.29) is 6.04 Å². The number of benzene rings is 2. The molecule has 0 spiro atoms. The zero-order chi connectivity index (χ0) is 18.0. The summed E-state index contributed by atoms with van der Waals surface area (Å²) < 4.78 is 11.0. The SMILES string of the molecule is CCOc1ccc([C@@H]2CC(c3cc(C)cc(C)c3O)=NN2)cc1OC. The molecule has 2 aromatic rings. The van der Waals surface area contributed by atoms with E-state index in [2.05, 4.69) is 10.5 Å². The lowest BCUT2D eigenvalue weighted by molar-refractivity contribution is 0.310. The lowest BCUT2D eigenvalue weighted by Crippen LogP contribution is -2.10. The smallest absolute Gasteiger partial charge is 0.161 e. The average molecular weight is 340 g/mol. The molecule has 132 valence electrons. The van der Waals surface area contributed by atoms with E-state index in [4.69, 9.17) is 9.47 Å². The Balaban J connectivity index is 1.83. The maximum Gasteiger partial charge on any atom is 0.161 e. The fraction of sp³-hybridized carbons (Fsp3) is 0.350. The topological polar surface area (TPSA) is 63.1 Å². The third kappa shape index (κ3) is 3.40. The predicted molar refractivity (Wildman–Crippen MR) is 98.8 cm³/mol. The number of rotatable bonds is 5. The summed E-state index contributed by atoms with van der Waals surface area (Å²) >= 11 is 0. The van der Waals surface area contributed by atoms with E-state index in [0.29, 0.717) is 24.5 Å². The van der Waals surface area contributed by atoms with Gasteiger partial charge < -0.3 is 20.0 Å². The Bertz CT molecular complexity index is 815. The second-order valence-electron chi connectivity index (χ2n) is 6.27. The first-order chi connectivity index (χ1) is 12.0. The summed E-state index contributed by atoms with van der Waals surface area (Å²) in [6, 6.07) is 9.90. The van der Waals surface area contributed by atoms with Gasteiger partial charge in [-0.15, -0.1) is 0 Å². The van der Waals surface area contributed by atoms with Crippen molar-refractivity contribution in [2.75, 3.05) is 13.7 Å². The Labute approximate surface area is 148 Å². The number of aryl methyl sites for hydroxylation is 2. The van der Waals surface area contributed by atoms with Crippen LogP contribution in [0.1, 0.15) is 41.6 Å². The molecule has 2 aromatic carbocycles. The second-order valence-corrected chi connectivity index (χ2v) is 6.27. The normalized spacial score (nSPS) is 16.3. The van der Waals surface area contributed by atoms with Gasteiger partial charge in [-0.05, 0) is 55.7 Å². The Kier molecular flexibility index (Phi) is 4.83. The number of aromatic hydroxyl groups is 1. The van der Waals surface area contributed by atoms with Crippen LogP contribution in [0.5, 0.6) is 17.2 Å². The molecule has 0 saturated heterocycles. The van der Waals surface area contributed by atoms with Crippen molar-refractivity contribution in [1.82, 2.24) is 5.43 Å². The van der Waals surface area contributed by atoms with Crippen LogP contribution < -0.4 is 14.9 Å². The van der Waals surface area contributed by atoms with Gasteiger partial charge >= 0.3 is 0 Å². The first-order valence-corrected chi connectivity index (χ1v) is 8.46. The monoisotopic (exact) mass is 340 g/mol. The predicted octanol–water partition coefficient (Wildman–Crippen LogP) is 3.86. The molecule has 0 amide bonds. The minimum atomic E-state index is 0.0415. The molecular formula is C20H24N2O3. The van der Waals surface area contributed by atoms with Crippen molar-refractivity contribution in [3.05, 3.63) is 52.6 Å². The molecule has 0 aliphatic carbocycles. The van der Waals surface area contributed by atoms with Gasteiger partial charge in [-0.1, -0.05) is 12.1 Å². The largest absolute Gasteiger partial charge is 0.507 e. The number of hydrogen-bond donors (Lipinski definition) is 2. The first kappa shape index (κ1) is 17.1. The maximum atomic E-state index is 10.4. The minimum absolute atomic E-state index is 0.0415. The molecule has 0 aromatic heterocycles. The molecule has 0 saturated carbocycles. The number of hydrazone groups is 1. The van der Waals surface area contributed by atoms with Gasteiger partial charge in [-0.25, -0.2) is 0 Å². The van der Waals surface area contributed by atoms with Crippen LogP contribution in [0.4, 0.5) is 0 Å².